The summed E-state index contributed by atoms with van der Waals surface area (Å²) in [5.41, 5.74) is 6.37. The molecule has 22 heavy (non-hydrogen) atoms. The molecule has 0 radical (unpaired) electrons. The largest absolute Gasteiger partial charge is 0.381 e. The molecule has 3 rings (SSSR count). The minimum Gasteiger partial charge on any atom is -0.381 e. The maximum atomic E-state index is 12.4. The molecular weight excluding hydrogens is 304 g/mol. The van der Waals surface area contributed by atoms with Crippen LogP contribution in [0.1, 0.15) is 45.4 Å². The van der Waals surface area contributed by atoms with Crippen molar-refractivity contribution in [1.82, 2.24) is 5.32 Å². The molecule has 6 heteroatoms. The highest BCUT2D eigenvalue weighted by Gasteiger charge is 2.59. The van der Waals surface area contributed by atoms with Crippen molar-refractivity contribution >= 4 is 18.3 Å². The Kier molecular flexibility index (Phi) is 6.11. The molecule has 2 saturated carbocycles. The molecule has 0 aromatic heterocycles. The van der Waals surface area contributed by atoms with Gasteiger partial charge in [-0.3, -0.25) is 4.79 Å². The van der Waals surface area contributed by atoms with Gasteiger partial charge < -0.3 is 20.5 Å². The standard InChI is InChI=1S/C16H28N2O3.ClH/c1-2-21-13-10-12(16(13)6-3-7-16)18-15(19)14(17)11-4-8-20-9-5-11;/h11-14H,2-10,17H2,1H3,(H,18,19);1H. The number of carbonyl (C=O) groups excluding carboxylic acids is 1. The molecule has 2 aliphatic carbocycles. The summed E-state index contributed by atoms with van der Waals surface area (Å²) in [5.74, 6) is 0.284. The fourth-order valence-electron chi connectivity index (χ4n) is 4.20. The van der Waals surface area contributed by atoms with Gasteiger partial charge in [-0.05, 0) is 44.9 Å². The third kappa shape index (κ3) is 3.14. The van der Waals surface area contributed by atoms with Gasteiger partial charge in [0, 0.05) is 31.3 Å². The number of halogens is 1. The SMILES string of the molecule is CCOC1CC(NC(=O)C(N)C2CCOCC2)C12CCC2.Cl. The van der Waals surface area contributed by atoms with E-state index in [9.17, 15) is 4.79 Å². The lowest BCUT2D eigenvalue weighted by Crippen LogP contribution is -2.69. The van der Waals surface area contributed by atoms with Gasteiger partial charge in [-0.2, -0.15) is 0 Å². The van der Waals surface area contributed by atoms with Gasteiger partial charge in [0.15, 0.2) is 0 Å². The number of nitrogens with two attached hydrogens (primary N) is 1. The highest BCUT2D eigenvalue weighted by Crippen LogP contribution is 2.57. The molecule has 0 bridgehead atoms. The summed E-state index contributed by atoms with van der Waals surface area (Å²) >= 11 is 0. The first kappa shape index (κ1) is 18.0. The molecule has 1 spiro atoms. The molecule has 1 heterocycles. The lowest BCUT2D eigenvalue weighted by Gasteiger charge is -2.61. The summed E-state index contributed by atoms with van der Waals surface area (Å²) in [4.78, 5) is 12.4. The Morgan fingerprint density at radius 2 is 2.09 bits per heavy atom. The van der Waals surface area contributed by atoms with E-state index in [1.807, 2.05) is 6.92 Å². The zero-order chi connectivity index (χ0) is 14.9. The van der Waals surface area contributed by atoms with Crippen molar-refractivity contribution in [2.75, 3.05) is 19.8 Å². The Morgan fingerprint density at radius 3 is 2.64 bits per heavy atom. The number of hydrogen-bond donors (Lipinski definition) is 2. The van der Waals surface area contributed by atoms with Crippen LogP contribution < -0.4 is 11.1 Å². The molecule has 0 aromatic carbocycles. The highest BCUT2D eigenvalue weighted by molar-refractivity contribution is 5.85. The first-order valence-corrected chi connectivity index (χ1v) is 8.42. The van der Waals surface area contributed by atoms with Crippen LogP contribution >= 0.6 is 12.4 Å². The van der Waals surface area contributed by atoms with Gasteiger partial charge in [-0.15, -0.1) is 12.4 Å². The average Bonchev–Trinajstić information content (AvgIpc) is 2.44. The fourth-order valence-corrected chi connectivity index (χ4v) is 4.20. The van der Waals surface area contributed by atoms with Gasteiger partial charge in [-0.25, -0.2) is 0 Å². The van der Waals surface area contributed by atoms with Crippen molar-refractivity contribution in [2.45, 2.75) is 63.6 Å². The minimum absolute atomic E-state index is 0. The molecule has 128 valence electrons. The predicted molar refractivity (Wildman–Crippen MR) is 87.0 cm³/mol. The Morgan fingerprint density at radius 1 is 1.41 bits per heavy atom. The second kappa shape index (κ2) is 7.47. The van der Waals surface area contributed by atoms with Crippen molar-refractivity contribution in [2.24, 2.45) is 17.1 Å². The van der Waals surface area contributed by atoms with Crippen LogP contribution in [0, 0.1) is 11.3 Å². The van der Waals surface area contributed by atoms with Crippen LogP contribution in [0.25, 0.3) is 0 Å². The molecule has 3 unspecified atom stereocenters. The third-order valence-corrected chi connectivity index (χ3v) is 5.83. The second-order valence-electron chi connectivity index (χ2n) is 6.80. The van der Waals surface area contributed by atoms with Crippen LogP contribution in [-0.4, -0.2) is 43.9 Å². The smallest absolute Gasteiger partial charge is 0.237 e. The molecule has 1 amide bonds. The summed E-state index contributed by atoms with van der Waals surface area (Å²) in [6.45, 7) is 4.25. The van der Waals surface area contributed by atoms with Crippen molar-refractivity contribution in [3.63, 3.8) is 0 Å². The monoisotopic (exact) mass is 332 g/mol. The maximum Gasteiger partial charge on any atom is 0.237 e. The average molecular weight is 333 g/mol. The van der Waals surface area contributed by atoms with Crippen molar-refractivity contribution in [1.29, 1.82) is 0 Å². The number of carbonyl (C=O) groups is 1. The Balaban J connectivity index is 0.00000176. The quantitative estimate of drug-likeness (QED) is 0.802. The van der Waals surface area contributed by atoms with Crippen molar-refractivity contribution in [3.8, 4) is 0 Å². The van der Waals surface area contributed by atoms with E-state index in [0.717, 1.165) is 39.1 Å². The number of hydrogen-bond acceptors (Lipinski definition) is 4. The molecule has 1 aliphatic heterocycles. The van der Waals surface area contributed by atoms with Gasteiger partial charge in [0.2, 0.25) is 5.91 Å². The van der Waals surface area contributed by atoms with Gasteiger partial charge in [0.05, 0.1) is 12.1 Å². The number of nitrogens with one attached hydrogen (secondary N) is 1. The predicted octanol–water partition coefficient (Wildman–Crippen LogP) is 1.63. The van der Waals surface area contributed by atoms with Crippen LogP contribution in [0.5, 0.6) is 0 Å². The molecular formula is C16H29ClN2O3. The lowest BCUT2D eigenvalue weighted by atomic mass is 9.51. The summed E-state index contributed by atoms with van der Waals surface area (Å²) in [6.07, 6.45) is 6.67. The number of amides is 1. The van der Waals surface area contributed by atoms with E-state index in [1.165, 1.54) is 19.3 Å². The summed E-state index contributed by atoms with van der Waals surface area (Å²) in [7, 11) is 0. The Bertz CT molecular complexity index is 384. The first-order valence-electron chi connectivity index (χ1n) is 8.42. The summed E-state index contributed by atoms with van der Waals surface area (Å²) < 4.78 is 11.2. The minimum atomic E-state index is -0.392. The molecule has 5 nitrogen and oxygen atoms in total. The molecule has 3 atom stereocenters. The van der Waals surface area contributed by atoms with Crippen LogP contribution in [0.15, 0.2) is 0 Å². The number of ether oxygens (including phenoxy) is 2. The molecule has 3 fully saturated rings. The fraction of sp³-hybridized carbons (Fsp3) is 0.938. The lowest BCUT2D eigenvalue weighted by molar-refractivity contribution is -0.176. The topological polar surface area (TPSA) is 73.6 Å². The van der Waals surface area contributed by atoms with E-state index in [-0.39, 0.29) is 35.7 Å². The summed E-state index contributed by atoms with van der Waals surface area (Å²) in [6, 6.07) is -0.127. The van der Waals surface area contributed by atoms with E-state index in [2.05, 4.69) is 5.32 Å². The zero-order valence-corrected chi connectivity index (χ0v) is 14.2. The van der Waals surface area contributed by atoms with Gasteiger partial charge in [0.1, 0.15) is 0 Å². The molecule has 3 N–H and O–H groups in total. The highest BCUT2D eigenvalue weighted by atomic mass is 35.5. The van der Waals surface area contributed by atoms with E-state index in [0.29, 0.717) is 6.10 Å². The second-order valence-corrected chi connectivity index (χ2v) is 6.80. The molecule has 3 aliphatic rings. The van der Waals surface area contributed by atoms with Gasteiger partial charge in [-0.1, -0.05) is 6.42 Å². The van der Waals surface area contributed by atoms with Crippen LogP contribution in [-0.2, 0) is 14.3 Å². The Labute approximate surface area is 139 Å². The molecule has 1 saturated heterocycles. The van der Waals surface area contributed by atoms with Gasteiger partial charge >= 0.3 is 0 Å². The number of rotatable bonds is 5. The first-order chi connectivity index (χ1) is 10.2. The molecule has 0 aromatic rings. The van der Waals surface area contributed by atoms with Crippen molar-refractivity contribution < 1.29 is 14.3 Å². The van der Waals surface area contributed by atoms with Crippen LogP contribution in [0.3, 0.4) is 0 Å². The summed E-state index contributed by atoms with van der Waals surface area (Å²) in [5, 5.41) is 3.21. The van der Waals surface area contributed by atoms with E-state index >= 15 is 0 Å². The van der Waals surface area contributed by atoms with E-state index in [4.69, 9.17) is 15.2 Å². The van der Waals surface area contributed by atoms with E-state index < -0.39 is 6.04 Å². The van der Waals surface area contributed by atoms with Crippen LogP contribution in [0.4, 0.5) is 0 Å². The Hall–Kier alpha value is -0.360. The van der Waals surface area contributed by atoms with Gasteiger partial charge in [0.25, 0.3) is 0 Å². The zero-order valence-electron chi connectivity index (χ0n) is 13.4. The van der Waals surface area contributed by atoms with E-state index in [1.54, 1.807) is 0 Å². The third-order valence-electron chi connectivity index (χ3n) is 5.83. The van der Waals surface area contributed by atoms with Crippen molar-refractivity contribution in [3.05, 3.63) is 0 Å². The normalized spacial score (nSPS) is 31.5. The van der Waals surface area contributed by atoms with Crippen LogP contribution in [0.2, 0.25) is 0 Å². The maximum absolute atomic E-state index is 12.4.